The van der Waals surface area contributed by atoms with Gasteiger partial charge in [-0.25, -0.2) is 15.0 Å². The summed E-state index contributed by atoms with van der Waals surface area (Å²) in [6.07, 6.45) is 1.84. The first-order chi connectivity index (χ1) is 21.8. The summed E-state index contributed by atoms with van der Waals surface area (Å²) >= 11 is 0. The highest BCUT2D eigenvalue weighted by Gasteiger charge is 2.26. The fourth-order valence-corrected chi connectivity index (χ4v) is 6.99. The van der Waals surface area contributed by atoms with Crippen LogP contribution in [0, 0.1) is 0 Å². The molecule has 0 saturated heterocycles. The molecule has 4 heterocycles. The van der Waals surface area contributed by atoms with Crippen molar-refractivity contribution >= 4 is 54.3 Å². The fourth-order valence-electron chi connectivity index (χ4n) is 6.99. The monoisotopic (exact) mass is 562 g/mol. The summed E-state index contributed by atoms with van der Waals surface area (Å²) in [4.78, 5) is 15.2. The van der Waals surface area contributed by atoms with E-state index in [0.29, 0.717) is 11.8 Å². The number of benzene rings is 6. The van der Waals surface area contributed by atoms with E-state index < -0.39 is 0 Å². The average molecular weight is 563 g/mol. The largest absolute Gasteiger partial charge is 0.438 e. The van der Waals surface area contributed by atoms with E-state index >= 15 is 0 Å². The van der Waals surface area contributed by atoms with Crippen molar-refractivity contribution in [2.75, 3.05) is 0 Å². The quantitative estimate of drug-likeness (QED) is 0.210. The van der Waals surface area contributed by atoms with Gasteiger partial charge in [0.05, 0.1) is 27.6 Å². The summed E-state index contributed by atoms with van der Waals surface area (Å²) in [5.41, 5.74) is 7.14. The molecule has 0 bridgehead atoms. The molecule has 5 nitrogen and oxygen atoms in total. The van der Waals surface area contributed by atoms with Crippen LogP contribution in [0.5, 0.6) is 11.6 Å². The van der Waals surface area contributed by atoms with Crippen molar-refractivity contribution in [2.45, 2.75) is 0 Å². The molecule has 6 aromatic carbocycles. The van der Waals surface area contributed by atoms with Crippen LogP contribution in [0.4, 0.5) is 0 Å². The van der Waals surface area contributed by atoms with Crippen LogP contribution in [0.1, 0.15) is 0 Å². The smallest absolute Gasteiger partial charge is 0.235 e. The Hall–Kier alpha value is -6.07. The van der Waals surface area contributed by atoms with Crippen molar-refractivity contribution in [3.63, 3.8) is 0 Å². The predicted molar refractivity (Wildman–Crippen MR) is 178 cm³/mol. The zero-order valence-electron chi connectivity index (χ0n) is 23.4. The molecule has 3 aromatic heterocycles. The van der Waals surface area contributed by atoms with Gasteiger partial charge < -0.3 is 4.74 Å². The third kappa shape index (κ3) is 3.15. The van der Waals surface area contributed by atoms with E-state index in [2.05, 4.69) is 119 Å². The van der Waals surface area contributed by atoms with Crippen molar-refractivity contribution in [1.29, 1.82) is 0 Å². The van der Waals surface area contributed by atoms with Gasteiger partial charge in [-0.1, -0.05) is 97.1 Å². The first kappa shape index (κ1) is 23.5. The van der Waals surface area contributed by atoms with Gasteiger partial charge in [-0.15, -0.1) is 0 Å². The maximum absolute atomic E-state index is 6.31. The van der Waals surface area contributed by atoms with Gasteiger partial charge in [0, 0.05) is 39.0 Å². The summed E-state index contributed by atoms with van der Waals surface area (Å²) in [6.45, 7) is 0. The minimum absolute atomic E-state index is 0.634. The van der Waals surface area contributed by atoms with Gasteiger partial charge in [0.15, 0.2) is 0 Å². The van der Waals surface area contributed by atoms with Gasteiger partial charge in [-0.3, -0.25) is 4.57 Å². The van der Waals surface area contributed by atoms with Crippen LogP contribution in [0.15, 0.2) is 134 Å². The highest BCUT2D eigenvalue weighted by atomic mass is 16.5. The van der Waals surface area contributed by atoms with Gasteiger partial charge in [0.1, 0.15) is 5.75 Å². The maximum atomic E-state index is 6.31. The molecule has 1 aliphatic rings. The lowest BCUT2D eigenvalue weighted by Crippen LogP contribution is -2.04. The first-order valence-corrected chi connectivity index (χ1v) is 14.7. The van der Waals surface area contributed by atoms with E-state index in [0.717, 1.165) is 71.6 Å². The van der Waals surface area contributed by atoms with Gasteiger partial charge in [-0.05, 0) is 46.5 Å². The maximum Gasteiger partial charge on any atom is 0.235 e. The summed E-state index contributed by atoms with van der Waals surface area (Å²) in [5.74, 6) is 2.08. The van der Waals surface area contributed by atoms with Crippen LogP contribution >= 0.6 is 0 Å². The summed E-state index contributed by atoms with van der Waals surface area (Å²) in [6, 6.07) is 44.2. The zero-order chi connectivity index (χ0) is 28.8. The molecule has 1 aliphatic heterocycles. The number of ether oxygens (including phenoxy) is 1. The second kappa shape index (κ2) is 8.72. The third-order valence-corrected chi connectivity index (χ3v) is 8.87. The van der Waals surface area contributed by atoms with Crippen LogP contribution < -0.4 is 4.74 Å². The van der Waals surface area contributed by atoms with E-state index in [1.165, 1.54) is 10.8 Å². The second-order valence-electron chi connectivity index (χ2n) is 11.2. The molecule has 0 amide bonds. The first-order valence-electron chi connectivity index (χ1n) is 14.7. The number of hydrogen-bond acceptors (Lipinski definition) is 4. The van der Waals surface area contributed by atoms with Gasteiger partial charge in [-0.2, -0.15) is 0 Å². The van der Waals surface area contributed by atoms with Crippen LogP contribution in [0.3, 0.4) is 0 Å². The Morgan fingerprint density at radius 3 is 2.23 bits per heavy atom. The predicted octanol–water partition coefficient (Wildman–Crippen LogP) is 9.87. The SMILES string of the molecule is c1ccc2c(c1)Oc1nccc3c1c-2cc1c3c2ccccc2n1-c1nc(-c2cccc3ccccc23)c2ccccc2n1. The lowest BCUT2D eigenvalue weighted by atomic mass is 9.94. The molecule has 0 saturated carbocycles. The van der Waals surface area contributed by atoms with Gasteiger partial charge in [0.25, 0.3) is 0 Å². The fraction of sp³-hybridized carbons (Fsp3) is 0. The van der Waals surface area contributed by atoms with Crippen molar-refractivity contribution in [1.82, 2.24) is 19.5 Å². The molecular formula is C39H22N4O. The number of fused-ring (bicyclic) bond motifs is 8. The lowest BCUT2D eigenvalue weighted by Gasteiger charge is -2.21. The standard InChI is InChI=1S/C39H22N4O/c1-2-12-24-23(10-1)11-9-16-26(24)37-27-14-3-6-17-31(27)41-39(42-37)43-32-18-7-4-15-28(32)35-29-20-21-40-38-36(29)30(22-33(35)43)25-13-5-8-19-34(25)44-38/h1-22H. The van der Waals surface area contributed by atoms with Crippen LogP contribution in [-0.2, 0) is 0 Å². The van der Waals surface area contributed by atoms with Crippen molar-refractivity contribution in [3.8, 4) is 40.0 Å². The van der Waals surface area contributed by atoms with E-state index in [4.69, 9.17) is 14.7 Å². The molecule has 0 atom stereocenters. The molecule has 0 fully saturated rings. The zero-order valence-corrected chi connectivity index (χ0v) is 23.4. The molecule has 10 rings (SSSR count). The van der Waals surface area contributed by atoms with E-state index in [1.54, 1.807) is 0 Å². The van der Waals surface area contributed by atoms with E-state index in [9.17, 15) is 0 Å². The Bertz CT molecular complexity index is 2650. The Morgan fingerprint density at radius 2 is 1.27 bits per heavy atom. The highest BCUT2D eigenvalue weighted by molar-refractivity contribution is 6.25. The second-order valence-corrected chi connectivity index (χ2v) is 11.2. The summed E-state index contributed by atoms with van der Waals surface area (Å²) in [7, 11) is 0. The number of hydrogen-bond donors (Lipinski definition) is 0. The molecule has 5 heteroatoms. The van der Waals surface area contributed by atoms with Crippen LogP contribution in [0.2, 0.25) is 0 Å². The number of para-hydroxylation sites is 3. The Kier molecular flexibility index (Phi) is 4.66. The number of aromatic nitrogens is 4. The van der Waals surface area contributed by atoms with Crippen LogP contribution in [-0.4, -0.2) is 19.5 Å². The topological polar surface area (TPSA) is 52.8 Å². The average Bonchev–Trinajstić information content (AvgIpc) is 3.42. The summed E-state index contributed by atoms with van der Waals surface area (Å²) < 4.78 is 8.53. The number of nitrogens with zero attached hydrogens (tertiary/aromatic N) is 4. The third-order valence-electron chi connectivity index (χ3n) is 8.87. The minimum atomic E-state index is 0.634. The molecule has 44 heavy (non-hydrogen) atoms. The summed E-state index contributed by atoms with van der Waals surface area (Å²) in [5, 5.41) is 7.76. The molecular weight excluding hydrogens is 540 g/mol. The van der Waals surface area contributed by atoms with Crippen LogP contribution in [0.25, 0.3) is 82.6 Å². The molecule has 0 spiro atoms. The minimum Gasteiger partial charge on any atom is -0.438 e. The molecule has 9 aromatic rings. The van der Waals surface area contributed by atoms with Gasteiger partial charge >= 0.3 is 0 Å². The van der Waals surface area contributed by atoms with E-state index in [-0.39, 0.29) is 0 Å². The lowest BCUT2D eigenvalue weighted by molar-refractivity contribution is 0.468. The normalized spacial score (nSPS) is 12.3. The molecule has 0 radical (unpaired) electrons. The number of rotatable bonds is 2. The molecule has 0 N–H and O–H groups in total. The van der Waals surface area contributed by atoms with Crippen molar-refractivity contribution in [2.24, 2.45) is 0 Å². The highest BCUT2D eigenvalue weighted by Crippen LogP contribution is 2.49. The van der Waals surface area contributed by atoms with E-state index in [1.807, 2.05) is 24.4 Å². The van der Waals surface area contributed by atoms with Crippen molar-refractivity contribution in [3.05, 3.63) is 134 Å². The Balaban J connectivity index is 1.37. The Labute approximate surface area is 251 Å². The Morgan fingerprint density at radius 1 is 0.523 bits per heavy atom. The molecule has 0 aliphatic carbocycles. The molecule has 204 valence electrons. The molecule has 0 unspecified atom stereocenters. The number of pyridine rings is 1. The van der Waals surface area contributed by atoms with Gasteiger partial charge in [0.2, 0.25) is 11.8 Å². The van der Waals surface area contributed by atoms with Crippen molar-refractivity contribution < 1.29 is 4.74 Å².